The number of carboxylic acid groups (broad SMARTS) is 1. The standard InChI is InChI=1S/C22H19FN2O3/c23-17-3-1-2-14(10-17)15-4-5-18-16(7-9-28-21(18)11-15)12-25-20-13-24-8-6-19(20)22(26)27/h1-6,8,10-11,13,16,25H,7,9,12H2,(H,26,27)/t16-/m0/s1. The molecule has 1 aliphatic rings. The fourth-order valence-electron chi connectivity index (χ4n) is 3.48. The van der Waals surface area contributed by atoms with Crippen LogP contribution in [0.4, 0.5) is 10.1 Å². The molecular weight excluding hydrogens is 359 g/mol. The Kier molecular flexibility index (Phi) is 4.93. The molecule has 0 saturated carbocycles. The number of benzene rings is 2. The van der Waals surface area contributed by atoms with Crippen molar-refractivity contribution in [3.63, 3.8) is 0 Å². The number of nitrogens with one attached hydrogen (secondary N) is 1. The van der Waals surface area contributed by atoms with E-state index >= 15 is 0 Å². The number of ether oxygens (including phenoxy) is 1. The fraction of sp³-hybridized carbons (Fsp3) is 0.182. The van der Waals surface area contributed by atoms with Crippen molar-refractivity contribution in [2.24, 2.45) is 0 Å². The summed E-state index contributed by atoms with van der Waals surface area (Å²) < 4.78 is 19.4. The Morgan fingerprint density at radius 2 is 2.07 bits per heavy atom. The van der Waals surface area contributed by atoms with Crippen molar-refractivity contribution in [2.75, 3.05) is 18.5 Å². The van der Waals surface area contributed by atoms with Gasteiger partial charge in [0.15, 0.2) is 0 Å². The first kappa shape index (κ1) is 18.0. The van der Waals surface area contributed by atoms with Gasteiger partial charge in [-0.15, -0.1) is 0 Å². The molecule has 1 atom stereocenters. The first-order valence-electron chi connectivity index (χ1n) is 9.05. The van der Waals surface area contributed by atoms with Gasteiger partial charge in [-0.3, -0.25) is 4.98 Å². The maximum Gasteiger partial charge on any atom is 0.337 e. The molecule has 28 heavy (non-hydrogen) atoms. The summed E-state index contributed by atoms with van der Waals surface area (Å²) in [6.45, 7) is 1.15. The maximum absolute atomic E-state index is 13.5. The van der Waals surface area contributed by atoms with E-state index in [1.54, 1.807) is 6.07 Å². The molecule has 2 N–H and O–H groups in total. The van der Waals surface area contributed by atoms with Gasteiger partial charge in [-0.25, -0.2) is 9.18 Å². The van der Waals surface area contributed by atoms with Crippen LogP contribution in [-0.2, 0) is 0 Å². The number of fused-ring (bicyclic) bond motifs is 1. The van der Waals surface area contributed by atoms with E-state index in [1.807, 2.05) is 24.3 Å². The molecule has 1 aromatic heterocycles. The monoisotopic (exact) mass is 378 g/mol. The number of carboxylic acids is 1. The van der Waals surface area contributed by atoms with Crippen LogP contribution in [0, 0.1) is 5.82 Å². The molecule has 0 fully saturated rings. The van der Waals surface area contributed by atoms with Gasteiger partial charge in [-0.2, -0.15) is 0 Å². The SMILES string of the molecule is O=C(O)c1ccncc1NC[C@@H]1CCOc2cc(-c3cccc(F)c3)ccc21. The van der Waals surface area contributed by atoms with E-state index in [0.29, 0.717) is 18.8 Å². The minimum absolute atomic E-state index is 0.173. The summed E-state index contributed by atoms with van der Waals surface area (Å²) in [6.07, 6.45) is 3.81. The van der Waals surface area contributed by atoms with Crippen LogP contribution in [-0.4, -0.2) is 29.2 Å². The second-order valence-electron chi connectivity index (χ2n) is 6.70. The highest BCUT2D eigenvalue weighted by atomic mass is 19.1. The molecule has 0 saturated heterocycles. The zero-order valence-electron chi connectivity index (χ0n) is 15.1. The summed E-state index contributed by atoms with van der Waals surface area (Å²) in [4.78, 5) is 15.4. The van der Waals surface area contributed by atoms with Gasteiger partial charge in [-0.05, 0) is 47.4 Å². The van der Waals surface area contributed by atoms with Gasteiger partial charge in [0.2, 0.25) is 0 Å². The van der Waals surface area contributed by atoms with E-state index in [9.17, 15) is 14.3 Å². The van der Waals surface area contributed by atoms with Gasteiger partial charge in [0.25, 0.3) is 0 Å². The molecule has 2 heterocycles. The lowest BCUT2D eigenvalue weighted by atomic mass is 9.91. The summed E-state index contributed by atoms with van der Waals surface area (Å²) in [5.41, 5.74) is 3.45. The third-order valence-electron chi connectivity index (χ3n) is 4.93. The van der Waals surface area contributed by atoms with Crippen molar-refractivity contribution in [1.82, 2.24) is 4.98 Å². The molecule has 142 valence electrons. The molecule has 1 aliphatic heterocycles. The Morgan fingerprint density at radius 3 is 2.89 bits per heavy atom. The molecule has 6 heteroatoms. The minimum Gasteiger partial charge on any atom is -0.493 e. The molecule has 0 aliphatic carbocycles. The zero-order valence-corrected chi connectivity index (χ0v) is 15.1. The topological polar surface area (TPSA) is 71.5 Å². The van der Waals surface area contributed by atoms with Crippen molar-refractivity contribution >= 4 is 11.7 Å². The minimum atomic E-state index is -0.989. The number of carbonyl (C=O) groups is 1. The predicted molar refractivity (Wildman–Crippen MR) is 104 cm³/mol. The summed E-state index contributed by atoms with van der Waals surface area (Å²) in [7, 11) is 0. The molecule has 0 bridgehead atoms. The lowest BCUT2D eigenvalue weighted by Gasteiger charge is -2.27. The van der Waals surface area contributed by atoms with Crippen LogP contribution in [0.3, 0.4) is 0 Å². The van der Waals surface area contributed by atoms with Gasteiger partial charge in [-0.1, -0.05) is 24.3 Å². The first-order valence-corrected chi connectivity index (χ1v) is 9.05. The van der Waals surface area contributed by atoms with Crippen molar-refractivity contribution in [3.8, 4) is 16.9 Å². The molecule has 0 amide bonds. The molecule has 4 rings (SSSR count). The van der Waals surface area contributed by atoms with Crippen molar-refractivity contribution in [3.05, 3.63) is 77.9 Å². The molecule has 0 radical (unpaired) electrons. The second-order valence-corrected chi connectivity index (χ2v) is 6.70. The largest absolute Gasteiger partial charge is 0.493 e. The Bertz CT molecular complexity index is 1020. The normalized spacial score (nSPS) is 15.4. The maximum atomic E-state index is 13.5. The first-order chi connectivity index (χ1) is 13.6. The summed E-state index contributed by atoms with van der Waals surface area (Å²) >= 11 is 0. The third-order valence-corrected chi connectivity index (χ3v) is 4.93. The van der Waals surface area contributed by atoms with E-state index in [4.69, 9.17) is 4.74 Å². The van der Waals surface area contributed by atoms with Gasteiger partial charge in [0, 0.05) is 18.7 Å². The second kappa shape index (κ2) is 7.68. The average molecular weight is 378 g/mol. The summed E-state index contributed by atoms with van der Waals surface area (Å²) in [5.74, 6) is -0.308. The highest BCUT2D eigenvalue weighted by molar-refractivity contribution is 5.93. The molecule has 0 unspecified atom stereocenters. The Morgan fingerprint density at radius 1 is 1.21 bits per heavy atom. The number of halogens is 1. The van der Waals surface area contributed by atoms with E-state index in [0.717, 1.165) is 28.9 Å². The van der Waals surface area contributed by atoms with E-state index < -0.39 is 5.97 Å². The quantitative estimate of drug-likeness (QED) is 0.681. The average Bonchev–Trinajstić information content (AvgIpc) is 2.72. The fourth-order valence-corrected chi connectivity index (χ4v) is 3.48. The molecule has 0 spiro atoms. The van der Waals surface area contributed by atoms with Crippen LogP contribution in [0.1, 0.15) is 28.3 Å². The smallest absolute Gasteiger partial charge is 0.337 e. The van der Waals surface area contributed by atoms with Crippen LogP contribution in [0.5, 0.6) is 5.75 Å². The predicted octanol–water partition coefficient (Wildman–Crippen LogP) is 4.56. The molecule has 3 aromatic rings. The summed E-state index contributed by atoms with van der Waals surface area (Å²) in [5, 5.41) is 12.5. The number of nitrogens with zero attached hydrogens (tertiary/aromatic N) is 1. The number of pyridine rings is 1. The Labute approximate surface area is 161 Å². The van der Waals surface area contributed by atoms with Gasteiger partial charge < -0.3 is 15.2 Å². The van der Waals surface area contributed by atoms with Crippen molar-refractivity contribution in [2.45, 2.75) is 12.3 Å². The van der Waals surface area contributed by atoms with Gasteiger partial charge >= 0.3 is 5.97 Å². The Hall–Kier alpha value is -3.41. The molecule has 5 nitrogen and oxygen atoms in total. The van der Waals surface area contributed by atoms with Crippen LogP contribution >= 0.6 is 0 Å². The van der Waals surface area contributed by atoms with E-state index in [1.165, 1.54) is 30.6 Å². The number of rotatable bonds is 5. The Balaban J connectivity index is 1.55. The van der Waals surface area contributed by atoms with Crippen molar-refractivity contribution in [1.29, 1.82) is 0 Å². The lowest BCUT2D eigenvalue weighted by Crippen LogP contribution is -2.21. The highest BCUT2D eigenvalue weighted by Gasteiger charge is 2.22. The number of hydrogen-bond donors (Lipinski definition) is 2. The number of aromatic nitrogens is 1. The number of anilines is 1. The van der Waals surface area contributed by atoms with Gasteiger partial charge in [0.05, 0.1) is 24.1 Å². The molecular formula is C22H19FN2O3. The number of hydrogen-bond acceptors (Lipinski definition) is 4. The van der Waals surface area contributed by atoms with Crippen LogP contribution in [0.2, 0.25) is 0 Å². The van der Waals surface area contributed by atoms with E-state index in [2.05, 4.69) is 10.3 Å². The molecule has 2 aromatic carbocycles. The lowest BCUT2D eigenvalue weighted by molar-refractivity contribution is 0.0697. The van der Waals surface area contributed by atoms with Crippen LogP contribution < -0.4 is 10.1 Å². The van der Waals surface area contributed by atoms with Crippen molar-refractivity contribution < 1.29 is 19.0 Å². The number of aromatic carboxylic acids is 1. The zero-order chi connectivity index (χ0) is 19.5. The van der Waals surface area contributed by atoms with Gasteiger partial charge in [0.1, 0.15) is 11.6 Å². The van der Waals surface area contributed by atoms with Crippen LogP contribution in [0.15, 0.2) is 60.9 Å². The summed E-state index contributed by atoms with van der Waals surface area (Å²) in [6, 6.07) is 13.8. The van der Waals surface area contributed by atoms with E-state index in [-0.39, 0.29) is 17.3 Å². The van der Waals surface area contributed by atoms with Crippen LogP contribution in [0.25, 0.3) is 11.1 Å². The third kappa shape index (κ3) is 3.67. The highest BCUT2D eigenvalue weighted by Crippen LogP contribution is 2.37.